The summed E-state index contributed by atoms with van der Waals surface area (Å²) < 4.78 is 4.00. The van der Waals surface area contributed by atoms with Gasteiger partial charge in [0.25, 0.3) is 17.7 Å². The Bertz CT molecular complexity index is 1140. The van der Waals surface area contributed by atoms with Crippen molar-refractivity contribution < 1.29 is 24.0 Å². The highest BCUT2D eigenvalue weighted by Crippen LogP contribution is 2.32. The van der Waals surface area contributed by atoms with Gasteiger partial charge >= 0.3 is 0 Å². The van der Waals surface area contributed by atoms with Crippen LogP contribution in [0.3, 0.4) is 0 Å². The summed E-state index contributed by atoms with van der Waals surface area (Å²) in [5.41, 5.74) is 1.84. The van der Waals surface area contributed by atoms with E-state index in [-0.39, 0.29) is 29.9 Å². The van der Waals surface area contributed by atoms with Gasteiger partial charge in [0.2, 0.25) is 11.8 Å². The van der Waals surface area contributed by atoms with Crippen LogP contribution in [0.25, 0.3) is 0 Å². The molecule has 2 aliphatic heterocycles. The van der Waals surface area contributed by atoms with Crippen molar-refractivity contribution in [2.24, 2.45) is 0 Å². The normalized spacial score (nSPS) is 17.7. The largest absolute Gasteiger partial charge is 0.384 e. The highest BCUT2D eigenvalue weighted by Gasteiger charge is 2.45. The fourth-order valence-corrected chi connectivity index (χ4v) is 4.59. The lowest BCUT2D eigenvalue weighted by Gasteiger charge is -2.27. The Morgan fingerprint density at radius 1 is 1.18 bits per heavy atom. The Kier molecular flexibility index (Phi) is 6.50. The van der Waals surface area contributed by atoms with Gasteiger partial charge in [0.05, 0.1) is 11.1 Å². The third-order valence-corrected chi connectivity index (χ3v) is 6.53. The smallest absolute Gasteiger partial charge is 0.264 e. The van der Waals surface area contributed by atoms with E-state index in [1.54, 1.807) is 24.4 Å². The topological polar surface area (TPSA) is 138 Å². The van der Waals surface area contributed by atoms with Crippen LogP contribution in [0.2, 0.25) is 0 Å². The van der Waals surface area contributed by atoms with Crippen LogP contribution in [0, 0.1) is 6.92 Å². The first-order valence-corrected chi connectivity index (χ1v) is 11.4. The van der Waals surface area contributed by atoms with Crippen LogP contribution < -0.4 is 16.0 Å². The van der Waals surface area contributed by atoms with Crippen LogP contribution >= 0.6 is 11.5 Å². The van der Waals surface area contributed by atoms with Gasteiger partial charge in [-0.05, 0) is 55.4 Å². The molecule has 0 spiro atoms. The molecular weight excluding hydrogens is 446 g/mol. The van der Waals surface area contributed by atoms with Crippen molar-refractivity contribution in [2.45, 2.75) is 38.6 Å². The zero-order valence-corrected chi connectivity index (χ0v) is 18.8. The molecule has 1 fully saturated rings. The van der Waals surface area contributed by atoms with Gasteiger partial charge in [-0.1, -0.05) is 6.07 Å². The molecule has 1 saturated heterocycles. The molecule has 1 aromatic heterocycles. The monoisotopic (exact) mass is 469 g/mol. The fourth-order valence-electron chi connectivity index (χ4n) is 3.93. The number of benzene rings is 1. The second-order valence-corrected chi connectivity index (χ2v) is 8.70. The summed E-state index contributed by atoms with van der Waals surface area (Å²) in [7, 11) is 0. The first kappa shape index (κ1) is 22.6. The number of unbranched alkanes of at least 4 members (excludes halogenated alkanes) is 1. The number of amides is 5. The number of piperidine rings is 1. The molecule has 0 saturated carbocycles. The number of carbonyl (C=O) groups excluding carboxylic acids is 5. The lowest BCUT2D eigenvalue weighted by molar-refractivity contribution is -0.136. The first-order valence-electron chi connectivity index (χ1n) is 10.7. The van der Waals surface area contributed by atoms with E-state index in [0.29, 0.717) is 23.7 Å². The quantitative estimate of drug-likeness (QED) is 0.393. The van der Waals surface area contributed by atoms with Gasteiger partial charge < -0.3 is 10.6 Å². The SMILES string of the molecule is Cc1cnsc1C(=O)NCCCCNc1cccc2c1C(=O)N(C1CCC(=O)NC1=O)C2=O. The van der Waals surface area contributed by atoms with Gasteiger partial charge in [-0.15, -0.1) is 0 Å². The van der Waals surface area contributed by atoms with Crippen molar-refractivity contribution in [2.75, 3.05) is 18.4 Å². The molecular formula is C22H23N5O5S. The fraction of sp³-hybridized carbons (Fsp3) is 0.364. The molecule has 11 heteroatoms. The van der Waals surface area contributed by atoms with Crippen molar-refractivity contribution in [1.29, 1.82) is 0 Å². The number of rotatable bonds is 8. The minimum Gasteiger partial charge on any atom is -0.384 e. The van der Waals surface area contributed by atoms with E-state index < -0.39 is 29.7 Å². The summed E-state index contributed by atoms with van der Waals surface area (Å²) in [6, 6.07) is 3.96. The minimum absolute atomic E-state index is 0.0774. The van der Waals surface area contributed by atoms with Crippen molar-refractivity contribution in [1.82, 2.24) is 19.9 Å². The van der Waals surface area contributed by atoms with Crippen LogP contribution in [0.15, 0.2) is 24.4 Å². The summed E-state index contributed by atoms with van der Waals surface area (Å²) in [5, 5.41) is 8.24. The van der Waals surface area contributed by atoms with Gasteiger partial charge in [-0.3, -0.25) is 34.2 Å². The molecule has 1 unspecified atom stereocenters. The Balaban J connectivity index is 1.32. The Hall–Kier alpha value is -3.60. The minimum atomic E-state index is -0.992. The Labute approximate surface area is 193 Å². The van der Waals surface area contributed by atoms with Crippen LogP contribution in [-0.4, -0.2) is 57.9 Å². The highest BCUT2D eigenvalue weighted by molar-refractivity contribution is 7.08. The predicted octanol–water partition coefficient (Wildman–Crippen LogP) is 1.47. The van der Waals surface area contributed by atoms with E-state index in [4.69, 9.17) is 0 Å². The summed E-state index contributed by atoms with van der Waals surface area (Å²) in [6.45, 7) is 2.88. The second-order valence-electron chi connectivity index (χ2n) is 7.90. The predicted molar refractivity (Wildman–Crippen MR) is 120 cm³/mol. The van der Waals surface area contributed by atoms with Gasteiger partial charge in [0.15, 0.2) is 0 Å². The van der Waals surface area contributed by atoms with E-state index in [1.165, 1.54) is 11.5 Å². The molecule has 2 aromatic rings. The second kappa shape index (κ2) is 9.49. The molecule has 1 atom stereocenters. The van der Waals surface area contributed by atoms with Crippen LogP contribution in [0.4, 0.5) is 5.69 Å². The highest BCUT2D eigenvalue weighted by atomic mass is 32.1. The molecule has 10 nitrogen and oxygen atoms in total. The van der Waals surface area contributed by atoms with Crippen molar-refractivity contribution in [3.8, 4) is 0 Å². The van der Waals surface area contributed by atoms with E-state index in [0.717, 1.165) is 23.3 Å². The molecule has 2 aliphatic rings. The number of aromatic nitrogens is 1. The number of nitrogens with zero attached hydrogens (tertiary/aromatic N) is 2. The lowest BCUT2D eigenvalue weighted by atomic mass is 10.0. The average molecular weight is 470 g/mol. The number of hydrogen-bond acceptors (Lipinski definition) is 8. The lowest BCUT2D eigenvalue weighted by Crippen LogP contribution is -2.54. The molecule has 3 N–H and O–H groups in total. The molecule has 0 aliphatic carbocycles. The third-order valence-electron chi connectivity index (χ3n) is 5.63. The standard InChI is InChI=1S/C22H23N5O5S/c1-12-11-25-33-18(12)20(30)24-10-3-2-9-23-14-6-4-5-13-17(14)22(32)27(21(13)31)15-7-8-16(28)26-19(15)29/h4-6,11,15,23H,2-3,7-10H2,1H3,(H,24,30)(H,26,28,29). The van der Waals surface area contributed by atoms with Crippen molar-refractivity contribution in [3.05, 3.63) is 46.0 Å². The van der Waals surface area contributed by atoms with Crippen LogP contribution in [0.1, 0.15) is 61.6 Å². The number of hydrogen-bond donors (Lipinski definition) is 3. The van der Waals surface area contributed by atoms with Crippen molar-refractivity contribution >= 4 is 46.8 Å². The number of carbonyl (C=O) groups is 5. The number of anilines is 1. The van der Waals surface area contributed by atoms with E-state index in [9.17, 15) is 24.0 Å². The maximum Gasteiger partial charge on any atom is 0.264 e. The summed E-state index contributed by atoms with van der Waals surface area (Å²) in [6.07, 6.45) is 3.31. The number of aryl methyl sites for hydroxylation is 1. The maximum atomic E-state index is 13.1. The average Bonchev–Trinajstić information content (AvgIpc) is 3.32. The maximum absolute atomic E-state index is 13.1. The van der Waals surface area contributed by atoms with Crippen LogP contribution in [0.5, 0.6) is 0 Å². The number of nitrogens with one attached hydrogen (secondary N) is 3. The van der Waals surface area contributed by atoms with Gasteiger partial charge in [0.1, 0.15) is 10.9 Å². The first-order chi connectivity index (χ1) is 15.9. The summed E-state index contributed by atoms with van der Waals surface area (Å²) >= 11 is 1.17. The summed E-state index contributed by atoms with van der Waals surface area (Å²) in [5.74, 6) is -2.25. The molecule has 0 radical (unpaired) electrons. The van der Waals surface area contributed by atoms with E-state index in [2.05, 4.69) is 20.3 Å². The number of fused-ring (bicyclic) bond motifs is 1. The van der Waals surface area contributed by atoms with Gasteiger partial charge in [-0.2, -0.15) is 0 Å². The molecule has 0 bridgehead atoms. The molecule has 33 heavy (non-hydrogen) atoms. The molecule has 4 rings (SSSR count). The van der Waals surface area contributed by atoms with Gasteiger partial charge in [0, 0.05) is 31.4 Å². The molecule has 1 aromatic carbocycles. The zero-order valence-electron chi connectivity index (χ0n) is 18.0. The van der Waals surface area contributed by atoms with E-state index in [1.807, 2.05) is 6.92 Å². The van der Waals surface area contributed by atoms with Gasteiger partial charge in [-0.25, -0.2) is 4.37 Å². The third kappa shape index (κ3) is 4.49. The molecule has 3 heterocycles. The Morgan fingerprint density at radius 3 is 2.70 bits per heavy atom. The van der Waals surface area contributed by atoms with E-state index >= 15 is 0 Å². The zero-order chi connectivity index (χ0) is 23.5. The summed E-state index contributed by atoms with van der Waals surface area (Å²) in [4.78, 5) is 63.2. The number of imide groups is 2. The molecule has 5 amide bonds. The van der Waals surface area contributed by atoms with Crippen molar-refractivity contribution in [3.63, 3.8) is 0 Å². The molecule has 172 valence electrons. The Morgan fingerprint density at radius 2 is 1.97 bits per heavy atom. The van der Waals surface area contributed by atoms with Crippen LogP contribution in [-0.2, 0) is 9.59 Å².